The van der Waals surface area contributed by atoms with E-state index in [1.165, 1.54) is 0 Å². The van der Waals surface area contributed by atoms with Crippen molar-refractivity contribution in [3.63, 3.8) is 0 Å². The zero-order chi connectivity index (χ0) is 24.3. The van der Waals surface area contributed by atoms with Crippen LogP contribution in [0.3, 0.4) is 0 Å². The Labute approximate surface area is 196 Å². The van der Waals surface area contributed by atoms with Gasteiger partial charge in [0.15, 0.2) is 5.78 Å². The van der Waals surface area contributed by atoms with E-state index in [0.29, 0.717) is 29.7 Å². The molecular formula is C27H37N3O3. The number of amides is 2. The SMILES string of the molecule is CCCCC(NC(=O)c1[nH]c2c(c1C)C(=O)CC(C)(C)C2)C(=O)Nc1ccc(C)cc1CC. The summed E-state index contributed by atoms with van der Waals surface area (Å²) in [6.45, 7) is 12.1. The normalized spacial score (nSPS) is 15.6. The van der Waals surface area contributed by atoms with E-state index in [4.69, 9.17) is 0 Å². The molecule has 33 heavy (non-hydrogen) atoms. The van der Waals surface area contributed by atoms with Crippen molar-refractivity contribution in [2.75, 3.05) is 5.32 Å². The summed E-state index contributed by atoms with van der Waals surface area (Å²) < 4.78 is 0. The number of aromatic nitrogens is 1. The number of Topliss-reactive ketones (excluding diaryl/α,β-unsaturated/α-hetero) is 1. The van der Waals surface area contributed by atoms with Crippen LogP contribution in [0.2, 0.25) is 0 Å². The van der Waals surface area contributed by atoms with Crippen LogP contribution < -0.4 is 10.6 Å². The molecule has 0 saturated heterocycles. The van der Waals surface area contributed by atoms with Gasteiger partial charge in [-0.25, -0.2) is 0 Å². The number of fused-ring (bicyclic) bond motifs is 1. The molecular weight excluding hydrogens is 414 g/mol. The standard InChI is InChI=1S/C27H37N3O3/c1-7-9-10-20(25(32)29-19-12-11-16(3)13-18(19)8-2)30-26(33)24-17(4)23-21(28-24)14-27(5,6)15-22(23)31/h11-13,20,28H,7-10,14-15H2,1-6H3,(H,29,32)(H,30,33). The Kier molecular flexibility index (Phi) is 7.45. The second-order valence-corrected chi connectivity index (χ2v) is 10.1. The Morgan fingerprint density at radius 2 is 1.88 bits per heavy atom. The highest BCUT2D eigenvalue weighted by Crippen LogP contribution is 2.36. The van der Waals surface area contributed by atoms with Gasteiger partial charge in [0.05, 0.1) is 0 Å². The van der Waals surface area contributed by atoms with Crippen LogP contribution in [0.15, 0.2) is 18.2 Å². The molecule has 1 aromatic carbocycles. The van der Waals surface area contributed by atoms with Gasteiger partial charge in [0, 0.05) is 23.4 Å². The number of anilines is 1. The van der Waals surface area contributed by atoms with Crippen molar-refractivity contribution < 1.29 is 14.4 Å². The molecule has 3 N–H and O–H groups in total. The van der Waals surface area contributed by atoms with Crippen LogP contribution in [0.4, 0.5) is 5.69 Å². The molecule has 0 radical (unpaired) electrons. The third kappa shape index (κ3) is 5.55. The molecule has 0 fully saturated rings. The number of rotatable bonds is 8. The number of aromatic amines is 1. The van der Waals surface area contributed by atoms with Gasteiger partial charge in [0.2, 0.25) is 5.91 Å². The van der Waals surface area contributed by atoms with Crippen molar-refractivity contribution in [2.45, 2.75) is 86.1 Å². The summed E-state index contributed by atoms with van der Waals surface area (Å²) in [5, 5.41) is 5.95. The number of carbonyl (C=O) groups is 3. The van der Waals surface area contributed by atoms with E-state index in [1.54, 1.807) is 6.92 Å². The second kappa shape index (κ2) is 9.94. The zero-order valence-electron chi connectivity index (χ0n) is 20.8. The number of ketones is 1. The summed E-state index contributed by atoms with van der Waals surface area (Å²) >= 11 is 0. The Morgan fingerprint density at radius 1 is 1.15 bits per heavy atom. The summed E-state index contributed by atoms with van der Waals surface area (Å²) in [6.07, 6.45) is 4.28. The first-order chi connectivity index (χ1) is 15.6. The molecule has 178 valence electrons. The maximum absolute atomic E-state index is 13.2. The van der Waals surface area contributed by atoms with Crippen molar-refractivity contribution in [1.82, 2.24) is 10.3 Å². The van der Waals surface area contributed by atoms with E-state index in [0.717, 1.165) is 48.2 Å². The van der Waals surface area contributed by atoms with E-state index in [1.807, 2.05) is 19.1 Å². The molecule has 1 aliphatic carbocycles. The smallest absolute Gasteiger partial charge is 0.268 e. The Bertz CT molecular complexity index is 1060. The minimum atomic E-state index is -0.657. The molecule has 1 aliphatic rings. The third-order valence-corrected chi connectivity index (χ3v) is 6.50. The first-order valence-corrected chi connectivity index (χ1v) is 12.0. The maximum atomic E-state index is 13.2. The van der Waals surface area contributed by atoms with Gasteiger partial charge in [-0.05, 0) is 55.7 Å². The predicted octanol–water partition coefficient (Wildman–Crippen LogP) is 5.28. The number of unbranched alkanes of at least 4 members (excludes halogenated alkanes) is 1. The van der Waals surface area contributed by atoms with Gasteiger partial charge in [0.25, 0.3) is 5.91 Å². The van der Waals surface area contributed by atoms with Gasteiger partial charge in [-0.1, -0.05) is 58.2 Å². The number of H-pyrrole nitrogens is 1. The molecule has 6 nitrogen and oxygen atoms in total. The van der Waals surface area contributed by atoms with Gasteiger partial charge in [0.1, 0.15) is 11.7 Å². The summed E-state index contributed by atoms with van der Waals surface area (Å²) in [5.74, 6) is -0.495. The van der Waals surface area contributed by atoms with Crippen LogP contribution in [0.25, 0.3) is 0 Å². The van der Waals surface area contributed by atoms with Crippen LogP contribution in [0, 0.1) is 19.3 Å². The van der Waals surface area contributed by atoms with E-state index in [-0.39, 0.29) is 23.0 Å². The third-order valence-electron chi connectivity index (χ3n) is 6.50. The van der Waals surface area contributed by atoms with Crippen molar-refractivity contribution in [3.05, 3.63) is 51.8 Å². The number of benzene rings is 1. The fourth-order valence-electron chi connectivity index (χ4n) is 4.72. The van der Waals surface area contributed by atoms with E-state index >= 15 is 0 Å². The maximum Gasteiger partial charge on any atom is 0.268 e. The molecule has 1 heterocycles. The number of aryl methyl sites for hydroxylation is 2. The highest BCUT2D eigenvalue weighted by molar-refractivity contribution is 6.06. The summed E-state index contributed by atoms with van der Waals surface area (Å²) in [6, 6.07) is 5.30. The summed E-state index contributed by atoms with van der Waals surface area (Å²) in [5.41, 5.74) is 5.37. The summed E-state index contributed by atoms with van der Waals surface area (Å²) in [7, 11) is 0. The highest BCUT2D eigenvalue weighted by Gasteiger charge is 2.35. The fourth-order valence-corrected chi connectivity index (χ4v) is 4.72. The van der Waals surface area contributed by atoms with Crippen molar-refractivity contribution in [1.29, 1.82) is 0 Å². The Hall–Kier alpha value is -2.89. The van der Waals surface area contributed by atoms with Crippen molar-refractivity contribution in [2.24, 2.45) is 5.41 Å². The molecule has 1 aromatic heterocycles. The molecule has 0 aliphatic heterocycles. The molecule has 1 atom stereocenters. The molecule has 3 rings (SSSR count). The van der Waals surface area contributed by atoms with E-state index in [2.05, 4.69) is 49.4 Å². The van der Waals surface area contributed by atoms with Crippen LogP contribution in [0.1, 0.15) is 96.6 Å². The summed E-state index contributed by atoms with van der Waals surface area (Å²) in [4.78, 5) is 42.3. The average molecular weight is 452 g/mol. The lowest BCUT2D eigenvalue weighted by Crippen LogP contribution is -2.44. The second-order valence-electron chi connectivity index (χ2n) is 10.1. The Morgan fingerprint density at radius 3 is 2.55 bits per heavy atom. The van der Waals surface area contributed by atoms with Gasteiger partial charge >= 0.3 is 0 Å². The predicted molar refractivity (Wildman–Crippen MR) is 132 cm³/mol. The molecule has 2 amide bonds. The van der Waals surface area contributed by atoms with Gasteiger partial charge in [-0.15, -0.1) is 0 Å². The van der Waals surface area contributed by atoms with Crippen LogP contribution in [-0.2, 0) is 17.6 Å². The average Bonchev–Trinajstić information content (AvgIpc) is 3.07. The first-order valence-electron chi connectivity index (χ1n) is 12.0. The topological polar surface area (TPSA) is 91.1 Å². The van der Waals surface area contributed by atoms with Crippen LogP contribution in [0.5, 0.6) is 0 Å². The van der Waals surface area contributed by atoms with Gasteiger partial charge < -0.3 is 15.6 Å². The minimum absolute atomic E-state index is 0.0702. The fraction of sp³-hybridized carbons (Fsp3) is 0.519. The number of nitrogens with one attached hydrogen (secondary N) is 3. The molecule has 6 heteroatoms. The van der Waals surface area contributed by atoms with Gasteiger partial charge in [-0.2, -0.15) is 0 Å². The minimum Gasteiger partial charge on any atom is -0.354 e. The molecule has 0 saturated carbocycles. The van der Waals surface area contributed by atoms with Crippen LogP contribution in [-0.4, -0.2) is 28.6 Å². The van der Waals surface area contributed by atoms with E-state index < -0.39 is 6.04 Å². The van der Waals surface area contributed by atoms with E-state index in [9.17, 15) is 14.4 Å². The monoisotopic (exact) mass is 451 g/mol. The Balaban J connectivity index is 1.82. The molecule has 2 aromatic rings. The van der Waals surface area contributed by atoms with Crippen LogP contribution >= 0.6 is 0 Å². The number of hydrogen-bond donors (Lipinski definition) is 3. The lowest BCUT2D eigenvalue weighted by Gasteiger charge is -2.28. The lowest BCUT2D eigenvalue weighted by molar-refractivity contribution is -0.118. The molecule has 0 bridgehead atoms. The van der Waals surface area contributed by atoms with Gasteiger partial charge in [-0.3, -0.25) is 14.4 Å². The lowest BCUT2D eigenvalue weighted by atomic mass is 9.75. The molecule has 1 unspecified atom stereocenters. The molecule has 0 spiro atoms. The quantitative estimate of drug-likeness (QED) is 0.510. The highest BCUT2D eigenvalue weighted by atomic mass is 16.2. The zero-order valence-corrected chi connectivity index (χ0v) is 20.8. The number of carbonyl (C=O) groups excluding carboxylic acids is 3. The number of hydrogen-bond acceptors (Lipinski definition) is 3. The van der Waals surface area contributed by atoms with Crippen molar-refractivity contribution >= 4 is 23.3 Å². The first kappa shape index (κ1) is 24.7. The largest absolute Gasteiger partial charge is 0.354 e. The van der Waals surface area contributed by atoms with Crippen molar-refractivity contribution in [3.8, 4) is 0 Å².